The number of hydrogen-bond donors (Lipinski definition) is 1. The minimum absolute atomic E-state index is 0.135. The number of rotatable bonds is 12. The van der Waals surface area contributed by atoms with Crippen molar-refractivity contribution in [1.29, 1.82) is 0 Å². The van der Waals surface area contributed by atoms with Gasteiger partial charge in [-0.15, -0.1) is 0 Å². The lowest BCUT2D eigenvalue weighted by Gasteiger charge is -2.18. The molecule has 1 aromatic carbocycles. The van der Waals surface area contributed by atoms with Crippen molar-refractivity contribution >= 4 is 0 Å². The first-order valence-electron chi connectivity index (χ1n) is 8.20. The largest absolute Gasteiger partial charge is 0.383 e. The van der Waals surface area contributed by atoms with Crippen molar-refractivity contribution in [3.8, 4) is 0 Å². The van der Waals surface area contributed by atoms with Gasteiger partial charge in [-0.1, -0.05) is 44.7 Å². The molecule has 0 aromatic heterocycles. The normalized spacial score (nSPS) is 12.5. The van der Waals surface area contributed by atoms with Crippen LogP contribution in [0.1, 0.15) is 44.6 Å². The van der Waals surface area contributed by atoms with Gasteiger partial charge in [-0.3, -0.25) is 0 Å². The summed E-state index contributed by atoms with van der Waals surface area (Å²) in [6.45, 7) is 4.83. The van der Waals surface area contributed by atoms with Gasteiger partial charge in [0.2, 0.25) is 0 Å². The van der Waals surface area contributed by atoms with Crippen molar-refractivity contribution in [3.63, 3.8) is 0 Å². The summed E-state index contributed by atoms with van der Waals surface area (Å²) >= 11 is 0. The van der Waals surface area contributed by atoms with E-state index in [2.05, 4.69) is 12.2 Å². The van der Waals surface area contributed by atoms with E-state index in [9.17, 15) is 4.39 Å². The van der Waals surface area contributed by atoms with Crippen LogP contribution in [0, 0.1) is 11.7 Å². The molecule has 1 unspecified atom stereocenters. The highest BCUT2D eigenvalue weighted by molar-refractivity contribution is 5.16. The first kappa shape index (κ1) is 18.1. The maximum Gasteiger partial charge on any atom is 0.123 e. The van der Waals surface area contributed by atoms with Crippen LogP contribution in [0.25, 0.3) is 0 Å². The van der Waals surface area contributed by atoms with Gasteiger partial charge in [-0.05, 0) is 43.0 Å². The van der Waals surface area contributed by atoms with Gasteiger partial charge in [0.05, 0.1) is 6.61 Å². The van der Waals surface area contributed by atoms with Gasteiger partial charge in [0, 0.05) is 13.7 Å². The molecule has 21 heavy (non-hydrogen) atoms. The average molecular weight is 295 g/mol. The molecular formula is C18H30FNO. The Kier molecular flexibility index (Phi) is 10.1. The van der Waals surface area contributed by atoms with Crippen LogP contribution in [0.2, 0.25) is 0 Å². The molecule has 1 rings (SSSR count). The van der Waals surface area contributed by atoms with E-state index in [1.54, 1.807) is 19.2 Å². The highest BCUT2D eigenvalue weighted by Crippen LogP contribution is 2.17. The van der Waals surface area contributed by atoms with E-state index >= 15 is 0 Å². The molecule has 0 heterocycles. The molecule has 3 heteroatoms. The van der Waals surface area contributed by atoms with E-state index in [-0.39, 0.29) is 5.82 Å². The van der Waals surface area contributed by atoms with E-state index in [1.165, 1.54) is 38.2 Å². The fraction of sp³-hybridized carbons (Fsp3) is 0.667. The van der Waals surface area contributed by atoms with E-state index in [0.29, 0.717) is 5.92 Å². The Morgan fingerprint density at radius 3 is 2.81 bits per heavy atom. The van der Waals surface area contributed by atoms with Crippen LogP contribution in [0.5, 0.6) is 0 Å². The predicted octanol–water partition coefficient (Wildman–Crippen LogP) is 4.19. The Balaban J connectivity index is 2.41. The number of halogens is 1. The second kappa shape index (κ2) is 11.7. The van der Waals surface area contributed by atoms with Gasteiger partial charge in [-0.25, -0.2) is 4.39 Å². The monoisotopic (exact) mass is 295 g/mol. The van der Waals surface area contributed by atoms with E-state index in [1.807, 2.05) is 6.07 Å². The maximum absolute atomic E-state index is 13.3. The van der Waals surface area contributed by atoms with Crippen LogP contribution in [-0.4, -0.2) is 26.8 Å². The number of nitrogens with one attached hydrogen (secondary N) is 1. The van der Waals surface area contributed by atoms with Gasteiger partial charge in [-0.2, -0.15) is 0 Å². The van der Waals surface area contributed by atoms with Crippen molar-refractivity contribution in [2.45, 2.75) is 45.4 Å². The smallest absolute Gasteiger partial charge is 0.123 e. The van der Waals surface area contributed by atoms with Gasteiger partial charge in [0.1, 0.15) is 5.82 Å². The molecule has 0 spiro atoms. The summed E-state index contributed by atoms with van der Waals surface area (Å²) in [6.07, 6.45) is 7.29. The summed E-state index contributed by atoms with van der Waals surface area (Å²) in [6, 6.07) is 7.00. The topological polar surface area (TPSA) is 21.3 Å². The Morgan fingerprint density at radius 2 is 2.10 bits per heavy atom. The van der Waals surface area contributed by atoms with E-state index in [0.717, 1.165) is 31.7 Å². The van der Waals surface area contributed by atoms with Crippen molar-refractivity contribution in [3.05, 3.63) is 35.6 Å². The number of methoxy groups -OCH3 is 1. The molecule has 0 aliphatic heterocycles. The van der Waals surface area contributed by atoms with Crippen LogP contribution in [-0.2, 0) is 11.2 Å². The SMILES string of the molecule is CCCCCCC(CNCCOC)Cc1cccc(F)c1. The molecule has 0 bridgehead atoms. The van der Waals surface area contributed by atoms with Gasteiger partial charge < -0.3 is 10.1 Å². The minimum atomic E-state index is -0.135. The van der Waals surface area contributed by atoms with Gasteiger partial charge in [0.15, 0.2) is 0 Å². The summed E-state index contributed by atoms with van der Waals surface area (Å²) in [4.78, 5) is 0. The average Bonchev–Trinajstić information content (AvgIpc) is 2.48. The third-order valence-corrected chi connectivity index (χ3v) is 3.80. The van der Waals surface area contributed by atoms with Crippen molar-refractivity contribution in [2.75, 3.05) is 26.8 Å². The summed E-state index contributed by atoms with van der Waals surface area (Å²) in [7, 11) is 1.72. The summed E-state index contributed by atoms with van der Waals surface area (Å²) < 4.78 is 18.3. The quantitative estimate of drug-likeness (QED) is 0.584. The number of benzene rings is 1. The highest BCUT2D eigenvalue weighted by Gasteiger charge is 2.10. The summed E-state index contributed by atoms with van der Waals surface area (Å²) in [5.74, 6) is 0.435. The van der Waals surface area contributed by atoms with Crippen molar-refractivity contribution in [1.82, 2.24) is 5.32 Å². The Hall–Kier alpha value is -0.930. The van der Waals surface area contributed by atoms with Gasteiger partial charge in [0.25, 0.3) is 0 Å². The number of unbranched alkanes of at least 4 members (excludes halogenated alkanes) is 3. The molecule has 0 saturated carbocycles. The standard InChI is InChI=1S/C18H30FNO/c1-3-4-5-6-8-17(15-20-11-12-21-2)13-16-9-7-10-18(19)14-16/h7,9-10,14,17,20H,3-6,8,11-13,15H2,1-2H3. The fourth-order valence-corrected chi connectivity index (χ4v) is 2.61. The fourth-order valence-electron chi connectivity index (χ4n) is 2.61. The maximum atomic E-state index is 13.3. The Morgan fingerprint density at radius 1 is 1.24 bits per heavy atom. The Labute approximate surface area is 129 Å². The molecular weight excluding hydrogens is 265 g/mol. The number of ether oxygens (including phenoxy) is 1. The molecule has 1 atom stereocenters. The lowest BCUT2D eigenvalue weighted by atomic mass is 9.93. The molecule has 1 N–H and O–H groups in total. The molecule has 0 aliphatic carbocycles. The summed E-state index contributed by atoms with van der Waals surface area (Å²) in [5, 5.41) is 3.44. The minimum Gasteiger partial charge on any atom is -0.383 e. The van der Waals surface area contributed by atoms with Crippen LogP contribution in [0.4, 0.5) is 4.39 Å². The molecule has 1 aromatic rings. The van der Waals surface area contributed by atoms with Crippen LogP contribution in [0.3, 0.4) is 0 Å². The molecule has 0 aliphatic rings. The molecule has 0 radical (unpaired) electrons. The van der Waals surface area contributed by atoms with Crippen LogP contribution < -0.4 is 5.32 Å². The first-order chi connectivity index (χ1) is 10.3. The zero-order chi connectivity index (χ0) is 15.3. The van der Waals surface area contributed by atoms with Crippen molar-refractivity contribution in [2.24, 2.45) is 5.92 Å². The highest BCUT2D eigenvalue weighted by atomic mass is 19.1. The third-order valence-electron chi connectivity index (χ3n) is 3.80. The van der Waals surface area contributed by atoms with E-state index < -0.39 is 0 Å². The van der Waals surface area contributed by atoms with Crippen LogP contribution in [0.15, 0.2) is 24.3 Å². The molecule has 0 amide bonds. The van der Waals surface area contributed by atoms with Gasteiger partial charge >= 0.3 is 0 Å². The first-order valence-corrected chi connectivity index (χ1v) is 8.20. The zero-order valence-electron chi connectivity index (χ0n) is 13.5. The lowest BCUT2D eigenvalue weighted by Crippen LogP contribution is -2.27. The van der Waals surface area contributed by atoms with Crippen molar-refractivity contribution < 1.29 is 9.13 Å². The Bertz CT molecular complexity index is 358. The summed E-state index contributed by atoms with van der Waals surface area (Å²) in [5.41, 5.74) is 1.10. The predicted molar refractivity (Wildman–Crippen MR) is 87.1 cm³/mol. The van der Waals surface area contributed by atoms with E-state index in [4.69, 9.17) is 4.74 Å². The molecule has 0 fully saturated rings. The lowest BCUT2D eigenvalue weighted by molar-refractivity contribution is 0.197. The molecule has 0 saturated heterocycles. The second-order valence-electron chi connectivity index (χ2n) is 5.75. The second-order valence-corrected chi connectivity index (χ2v) is 5.75. The zero-order valence-corrected chi connectivity index (χ0v) is 13.5. The van der Waals surface area contributed by atoms with Crippen LogP contribution >= 0.6 is 0 Å². The molecule has 120 valence electrons. The third kappa shape index (κ3) is 8.84. The molecule has 2 nitrogen and oxygen atoms in total. The number of hydrogen-bond acceptors (Lipinski definition) is 2.